The molecule has 1 unspecified atom stereocenters. The van der Waals surface area contributed by atoms with Crippen molar-refractivity contribution in [1.82, 2.24) is 5.32 Å². The average molecular weight is 337 g/mol. The van der Waals surface area contributed by atoms with Crippen molar-refractivity contribution in [2.45, 2.75) is 25.8 Å². The molecule has 0 heterocycles. The predicted octanol–water partition coefficient (Wildman–Crippen LogP) is 0.498. The van der Waals surface area contributed by atoms with Crippen LogP contribution in [0.1, 0.15) is 19.8 Å². The Labute approximate surface area is 132 Å². The molecule has 0 aliphatic heterocycles. The van der Waals surface area contributed by atoms with Gasteiger partial charge in [0.15, 0.2) is 0 Å². The summed E-state index contributed by atoms with van der Waals surface area (Å²) in [5.74, 6) is -2.21. The molecule has 0 spiro atoms. The molecule has 8 nitrogen and oxygen atoms in total. The molecule has 0 amide bonds. The summed E-state index contributed by atoms with van der Waals surface area (Å²) in [4.78, 5) is 22.4. The minimum absolute atomic E-state index is 0.235. The summed E-state index contributed by atoms with van der Waals surface area (Å²) in [5.41, 5.74) is 0. The summed E-state index contributed by atoms with van der Waals surface area (Å²) < 4.78 is 20.8. The predicted molar refractivity (Wildman–Crippen MR) is 81.5 cm³/mol. The lowest BCUT2D eigenvalue weighted by Gasteiger charge is -2.24. The van der Waals surface area contributed by atoms with Gasteiger partial charge in [-0.15, -0.1) is 0 Å². The Balaban J connectivity index is 4.17. The molecule has 0 radical (unpaired) electrons. The molecule has 0 aliphatic rings. The van der Waals surface area contributed by atoms with E-state index in [1.807, 2.05) is 0 Å². The first-order valence-corrected chi connectivity index (χ1v) is 9.12. The Kier molecular flexibility index (Phi) is 11.0. The van der Waals surface area contributed by atoms with Crippen LogP contribution in [0.15, 0.2) is 0 Å². The van der Waals surface area contributed by atoms with Gasteiger partial charge in [0.05, 0.1) is 18.9 Å². The van der Waals surface area contributed by atoms with Gasteiger partial charge < -0.3 is 28.4 Å². The fourth-order valence-corrected chi connectivity index (χ4v) is 3.69. The van der Waals surface area contributed by atoms with Crippen LogP contribution >= 0.6 is 0 Å². The van der Waals surface area contributed by atoms with Crippen molar-refractivity contribution < 1.29 is 32.7 Å². The maximum absolute atomic E-state index is 11.7. The van der Waals surface area contributed by atoms with Gasteiger partial charge in [0.2, 0.25) is 0 Å². The lowest BCUT2D eigenvalue weighted by atomic mass is 10.1. The van der Waals surface area contributed by atoms with Crippen LogP contribution in [-0.2, 0) is 27.6 Å². The number of carboxylic acids is 1. The van der Waals surface area contributed by atoms with Gasteiger partial charge in [0.1, 0.15) is 0 Å². The smallest absolute Gasteiger partial charge is 0.481 e. The molecule has 0 bridgehead atoms. The quantitative estimate of drug-likeness (QED) is 0.284. The van der Waals surface area contributed by atoms with Crippen molar-refractivity contribution in [2.75, 3.05) is 41.0 Å². The van der Waals surface area contributed by atoms with E-state index in [1.54, 1.807) is 28.3 Å². The number of rotatable bonds is 13. The molecule has 130 valence electrons. The van der Waals surface area contributed by atoms with Gasteiger partial charge in [0.25, 0.3) is 0 Å². The third kappa shape index (κ3) is 7.85. The summed E-state index contributed by atoms with van der Waals surface area (Å²) in [5, 5.41) is 11.9. The molecule has 0 saturated carbocycles. The highest BCUT2D eigenvalue weighted by Crippen LogP contribution is 2.14. The lowest BCUT2D eigenvalue weighted by molar-refractivity contribution is -0.152. The number of ether oxygens (including phenoxy) is 1. The van der Waals surface area contributed by atoms with Crippen molar-refractivity contribution in [1.29, 1.82) is 0 Å². The molecule has 1 atom stereocenters. The zero-order valence-corrected chi connectivity index (χ0v) is 14.7. The number of esters is 1. The van der Waals surface area contributed by atoms with E-state index in [9.17, 15) is 9.59 Å². The summed E-state index contributed by atoms with van der Waals surface area (Å²) in [7, 11) is 2.07. The highest BCUT2D eigenvalue weighted by atomic mass is 28.4. The largest absolute Gasteiger partial charge is 0.500 e. The van der Waals surface area contributed by atoms with Crippen molar-refractivity contribution in [2.24, 2.45) is 5.92 Å². The molecule has 2 N–H and O–H groups in total. The molecule has 0 saturated heterocycles. The Hall–Kier alpha value is -1.00. The minimum Gasteiger partial charge on any atom is -0.481 e. The van der Waals surface area contributed by atoms with E-state index in [0.29, 0.717) is 12.6 Å². The molecule has 0 aromatic rings. The first-order valence-electron chi connectivity index (χ1n) is 7.19. The number of carbonyl (C=O) groups excluding carboxylic acids is 1. The molecule has 0 rings (SSSR count). The standard InChI is InChI=1S/C13H27NO7Si/c1-5-21-13(17)11(9-12(15)16)10-14-7-6-8-22(18-2,19-3)20-4/h11,14H,5-10H2,1-4H3,(H,15,16). The number of nitrogens with one attached hydrogen (secondary N) is 1. The van der Waals surface area contributed by atoms with Gasteiger partial charge >= 0.3 is 20.7 Å². The van der Waals surface area contributed by atoms with Gasteiger partial charge in [-0.1, -0.05) is 0 Å². The molecular weight excluding hydrogens is 310 g/mol. The zero-order chi connectivity index (χ0) is 17.0. The fourth-order valence-electron chi connectivity index (χ4n) is 1.97. The highest BCUT2D eigenvalue weighted by Gasteiger charge is 2.36. The van der Waals surface area contributed by atoms with Crippen LogP contribution in [0, 0.1) is 5.92 Å². The normalized spacial score (nSPS) is 12.9. The Bertz CT molecular complexity index is 328. The average Bonchev–Trinajstić information content (AvgIpc) is 2.50. The van der Waals surface area contributed by atoms with E-state index in [4.69, 9.17) is 23.1 Å². The van der Waals surface area contributed by atoms with E-state index in [2.05, 4.69) is 5.32 Å². The van der Waals surface area contributed by atoms with Crippen LogP contribution in [0.4, 0.5) is 0 Å². The molecule has 0 aliphatic carbocycles. The maximum atomic E-state index is 11.7. The van der Waals surface area contributed by atoms with E-state index in [0.717, 1.165) is 6.42 Å². The molecule has 0 aromatic carbocycles. The molecule has 22 heavy (non-hydrogen) atoms. The third-order valence-corrected chi connectivity index (χ3v) is 6.03. The fraction of sp³-hybridized carbons (Fsp3) is 0.846. The molecule has 9 heteroatoms. The highest BCUT2D eigenvalue weighted by molar-refractivity contribution is 6.60. The van der Waals surface area contributed by atoms with E-state index < -0.39 is 26.7 Å². The number of carboxylic acid groups (broad SMARTS) is 1. The summed E-state index contributed by atoms with van der Waals surface area (Å²) in [6, 6.07) is 0.631. The van der Waals surface area contributed by atoms with Crippen molar-refractivity contribution in [3.8, 4) is 0 Å². The Morgan fingerprint density at radius 2 is 1.77 bits per heavy atom. The second-order valence-corrected chi connectivity index (χ2v) is 7.74. The summed E-state index contributed by atoms with van der Waals surface area (Å²) in [6.45, 7) is 2.78. The first-order chi connectivity index (χ1) is 10.4. The van der Waals surface area contributed by atoms with E-state index >= 15 is 0 Å². The Morgan fingerprint density at radius 3 is 2.23 bits per heavy atom. The second kappa shape index (κ2) is 11.5. The maximum Gasteiger partial charge on any atom is 0.500 e. The third-order valence-electron chi connectivity index (χ3n) is 3.20. The van der Waals surface area contributed by atoms with Gasteiger partial charge in [-0.2, -0.15) is 0 Å². The summed E-state index contributed by atoms with van der Waals surface area (Å²) in [6.07, 6.45) is 0.475. The van der Waals surface area contributed by atoms with Crippen LogP contribution in [0.5, 0.6) is 0 Å². The second-order valence-electron chi connectivity index (χ2n) is 4.65. The minimum atomic E-state index is -2.58. The molecule has 0 aromatic heterocycles. The van der Waals surface area contributed by atoms with E-state index in [-0.39, 0.29) is 19.6 Å². The number of hydrogen-bond acceptors (Lipinski definition) is 7. The lowest BCUT2D eigenvalue weighted by Crippen LogP contribution is -2.43. The zero-order valence-electron chi connectivity index (χ0n) is 13.7. The molecule has 0 fully saturated rings. The van der Waals surface area contributed by atoms with E-state index in [1.165, 1.54) is 0 Å². The van der Waals surface area contributed by atoms with Gasteiger partial charge in [-0.25, -0.2) is 0 Å². The molecular formula is C13H27NO7Si. The first kappa shape index (κ1) is 21.0. The van der Waals surface area contributed by atoms with Crippen molar-refractivity contribution in [3.63, 3.8) is 0 Å². The van der Waals surface area contributed by atoms with Crippen LogP contribution in [0.25, 0.3) is 0 Å². The topological polar surface area (TPSA) is 103 Å². The van der Waals surface area contributed by atoms with Gasteiger partial charge in [0, 0.05) is 33.9 Å². The van der Waals surface area contributed by atoms with Crippen molar-refractivity contribution in [3.05, 3.63) is 0 Å². The van der Waals surface area contributed by atoms with Gasteiger partial charge in [-0.05, 0) is 19.9 Å². The van der Waals surface area contributed by atoms with Gasteiger partial charge in [-0.3, -0.25) is 9.59 Å². The number of carbonyl (C=O) groups is 2. The van der Waals surface area contributed by atoms with Crippen molar-refractivity contribution >= 4 is 20.7 Å². The Morgan fingerprint density at radius 1 is 1.18 bits per heavy atom. The van der Waals surface area contributed by atoms with Crippen LogP contribution < -0.4 is 5.32 Å². The monoisotopic (exact) mass is 337 g/mol. The number of aliphatic carboxylic acids is 1. The summed E-state index contributed by atoms with van der Waals surface area (Å²) >= 11 is 0. The SMILES string of the molecule is CCOC(=O)C(CNCCC[Si](OC)(OC)OC)CC(=O)O. The number of hydrogen-bond donors (Lipinski definition) is 2. The van der Waals surface area contributed by atoms with Crippen LogP contribution in [-0.4, -0.2) is 66.9 Å². The van der Waals surface area contributed by atoms with Crippen LogP contribution in [0.3, 0.4) is 0 Å². The van der Waals surface area contributed by atoms with Crippen LogP contribution in [0.2, 0.25) is 6.04 Å².